The van der Waals surface area contributed by atoms with Gasteiger partial charge in [-0.25, -0.2) is 14.4 Å². The highest BCUT2D eigenvalue weighted by molar-refractivity contribution is 6.01. The molecule has 0 radical (unpaired) electrons. The third-order valence-corrected chi connectivity index (χ3v) is 9.59. The Balaban J connectivity index is 0.000000300. The molecular weight excluding hydrogens is 846 g/mol. The van der Waals surface area contributed by atoms with Gasteiger partial charge in [0.2, 0.25) is 11.5 Å². The SMILES string of the molecule is C.Nc1cccc(C(=O)N2C[C@@H](O)C[C@H]2C(=O)O)c1O.O=C(O)[C@@H]1C[C@H](O)CN1C(=O)c1cccc([N+](=O)[O-])c1O.O=C(O)[C@H]1CC[C@@H](O)C1.O=C(O)c1cccc([N+](=O)[O-])c1O. The van der Waals surface area contributed by atoms with Crippen LogP contribution in [0.4, 0.5) is 17.1 Å². The van der Waals surface area contributed by atoms with Crippen molar-refractivity contribution < 1.29 is 89.7 Å². The summed E-state index contributed by atoms with van der Waals surface area (Å²) >= 11 is 0. The van der Waals surface area contributed by atoms with Gasteiger partial charge in [-0.05, 0) is 43.5 Å². The molecule has 342 valence electrons. The standard InChI is InChI=1S/C12H12N2O7.C12H14N2O5.C7H5NO5.C6H10O3.CH4/c15-6-4-9(12(18)19)13(5-6)11(17)7-2-1-3-8(10(7)16)14(20)21;13-8-3-1-2-7(10(8)16)11(17)14-5-6(15)4-9(14)12(18)19;9-6-4(7(10)11)2-1-3-5(6)8(12)13;7-5-2-1-4(3-5)6(8)9;/h1-3,6,9,15-16H,4-5H2,(H,18,19);1-3,6,9,15-16H,4-5,13H2,(H,18,19);1-3,9H,(H,10,11);4-5,7H,1-3H2,(H,8,9);1H4/t2*6-,9-;;4-,5+;/m00.0./s1. The number of aromatic hydroxyl groups is 3. The normalized spacial score (nSPS) is 20.8. The fourth-order valence-corrected chi connectivity index (χ4v) is 6.47. The van der Waals surface area contributed by atoms with E-state index in [-0.39, 0.29) is 67.9 Å². The molecule has 0 aromatic heterocycles. The summed E-state index contributed by atoms with van der Waals surface area (Å²) in [4.78, 5) is 88.5. The number of rotatable bonds is 8. The lowest BCUT2D eigenvalue weighted by Crippen LogP contribution is -2.40. The number of anilines is 1. The monoisotopic (exact) mass is 891 g/mol. The zero-order valence-corrected chi connectivity index (χ0v) is 32.0. The Morgan fingerprint density at radius 3 is 1.32 bits per heavy atom. The summed E-state index contributed by atoms with van der Waals surface area (Å²) in [5, 5.41) is 112. The first-order valence-corrected chi connectivity index (χ1v) is 18.1. The number of carbonyl (C=O) groups excluding carboxylic acids is 2. The van der Waals surface area contributed by atoms with Crippen molar-refractivity contribution in [1.29, 1.82) is 0 Å². The van der Waals surface area contributed by atoms with Gasteiger partial charge in [-0.1, -0.05) is 25.6 Å². The fourth-order valence-electron chi connectivity index (χ4n) is 6.47. The fraction of sp³-hybridized carbons (Fsp3) is 0.368. The molecule has 3 aromatic carbocycles. The van der Waals surface area contributed by atoms with Gasteiger partial charge in [0.1, 0.15) is 17.6 Å². The molecule has 0 bridgehead atoms. The van der Waals surface area contributed by atoms with Crippen LogP contribution in [0.5, 0.6) is 17.2 Å². The average Bonchev–Trinajstić information content (AvgIpc) is 3.94. The number of carboxylic acid groups (broad SMARTS) is 4. The van der Waals surface area contributed by atoms with E-state index in [9.17, 15) is 69.4 Å². The maximum absolute atomic E-state index is 12.3. The number of carbonyl (C=O) groups is 6. The molecule has 1 saturated carbocycles. The van der Waals surface area contributed by atoms with E-state index in [2.05, 4.69) is 0 Å². The minimum Gasteiger partial charge on any atom is -0.505 e. The second-order valence-electron chi connectivity index (χ2n) is 13.8. The number of amides is 2. The zero-order valence-electron chi connectivity index (χ0n) is 32.0. The van der Waals surface area contributed by atoms with Crippen LogP contribution in [0.1, 0.15) is 70.6 Å². The minimum atomic E-state index is -1.40. The van der Waals surface area contributed by atoms with Gasteiger partial charge in [-0.2, -0.15) is 0 Å². The molecular formula is C38H45N5O20. The molecule has 25 nitrogen and oxygen atoms in total. The van der Waals surface area contributed by atoms with Gasteiger partial charge in [0.15, 0.2) is 5.75 Å². The number of hydrogen-bond acceptors (Lipinski definition) is 17. The van der Waals surface area contributed by atoms with Crippen molar-refractivity contribution in [2.24, 2.45) is 5.92 Å². The van der Waals surface area contributed by atoms with Crippen LogP contribution < -0.4 is 5.73 Å². The number of aliphatic hydroxyl groups is 3. The lowest BCUT2D eigenvalue weighted by molar-refractivity contribution is -0.386. The lowest BCUT2D eigenvalue weighted by atomic mass is 10.1. The van der Waals surface area contributed by atoms with Crippen molar-refractivity contribution >= 4 is 52.8 Å². The zero-order chi connectivity index (χ0) is 46.7. The number of hydrogen-bond donors (Lipinski definition) is 11. The number of nitro groups is 2. The highest BCUT2D eigenvalue weighted by Crippen LogP contribution is 2.33. The van der Waals surface area contributed by atoms with Gasteiger partial charge in [-0.3, -0.25) is 34.6 Å². The molecule has 0 unspecified atom stereocenters. The first-order chi connectivity index (χ1) is 29.0. The average molecular weight is 892 g/mol. The highest BCUT2D eigenvalue weighted by Gasteiger charge is 2.41. The number of aliphatic hydroxyl groups excluding tert-OH is 3. The van der Waals surface area contributed by atoms with Crippen LogP contribution in [-0.4, -0.2) is 150 Å². The van der Waals surface area contributed by atoms with Crippen molar-refractivity contribution in [1.82, 2.24) is 9.80 Å². The van der Waals surface area contributed by atoms with Crippen molar-refractivity contribution in [3.63, 3.8) is 0 Å². The van der Waals surface area contributed by atoms with E-state index < -0.39 is 98.3 Å². The molecule has 63 heavy (non-hydrogen) atoms. The molecule has 25 heteroatoms. The van der Waals surface area contributed by atoms with Crippen LogP contribution in [0.3, 0.4) is 0 Å². The quantitative estimate of drug-likeness (QED) is 0.0660. The number of aromatic carboxylic acids is 1. The molecule has 3 fully saturated rings. The van der Waals surface area contributed by atoms with Gasteiger partial charge < -0.3 is 66.6 Å². The predicted molar refractivity (Wildman–Crippen MR) is 213 cm³/mol. The number of nitro benzene ring substituents is 2. The summed E-state index contributed by atoms with van der Waals surface area (Å²) in [5.41, 5.74) is 3.36. The number of phenolic OH excluding ortho intramolecular Hbond substituents is 2. The van der Waals surface area contributed by atoms with E-state index in [1.165, 1.54) is 30.3 Å². The summed E-state index contributed by atoms with van der Waals surface area (Å²) in [7, 11) is 0. The Labute approximate surface area is 355 Å². The van der Waals surface area contributed by atoms with Crippen molar-refractivity contribution in [2.45, 2.75) is 69.9 Å². The third-order valence-electron chi connectivity index (χ3n) is 9.59. The maximum atomic E-state index is 12.3. The van der Waals surface area contributed by atoms with Crippen molar-refractivity contribution in [3.8, 4) is 17.2 Å². The molecule has 2 saturated heterocycles. The van der Waals surface area contributed by atoms with Crippen molar-refractivity contribution in [3.05, 3.63) is 91.5 Å². The van der Waals surface area contributed by atoms with Gasteiger partial charge in [0.25, 0.3) is 11.8 Å². The van der Waals surface area contributed by atoms with E-state index in [0.29, 0.717) is 19.3 Å². The number of β-amino-alcohol motifs (C(OH)–C–C–N with tert-alkyl or cyclic N) is 2. The largest absolute Gasteiger partial charge is 0.505 e. The number of phenols is 3. The van der Waals surface area contributed by atoms with Crippen LogP contribution in [-0.2, 0) is 14.4 Å². The van der Waals surface area contributed by atoms with E-state index in [4.69, 9.17) is 36.4 Å². The predicted octanol–water partition coefficient (Wildman–Crippen LogP) is 1.46. The van der Waals surface area contributed by atoms with E-state index in [1.807, 2.05) is 0 Å². The number of nitrogen functional groups attached to an aromatic ring is 1. The molecule has 6 rings (SSSR count). The number of nitrogens with two attached hydrogens (primary N) is 1. The third kappa shape index (κ3) is 12.9. The van der Waals surface area contributed by atoms with E-state index in [0.717, 1.165) is 34.1 Å². The summed E-state index contributed by atoms with van der Waals surface area (Å²) in [5.74, 6) is -8.49. The van der Waals surface area contributed by atoms with E-state index >= 15 is 0 Å². The van der Waals surface area contributed by atoms with Gasteiger partial charge in [0.05, 0.1) is 50.9 Å². The van der Waals surface area contributed by atoms with Gasteiger partial charge >= 0.3 is 35.3 Å². The van der Waals surface area contributed by atoms with Crippen LogP contribution in [0.25, 0.3) is 0 Å². The van der Waals surface area contributed by atoms with Crippen LogP contribution >= 0.6 is 0 Å². The highest BCUT2D eigenvalue weighted by atomic mass is 16.6. The molecule has 1 aliphatic carbocycles. The molecule has 2 heterocycles. The number of nitrogens with zero attached hydrogens (tertiary/aromatic N) is 4. The Kier molecular flexibility index (Phi) is 18.2. The van der Waals surface area contributed by atoms with E-state index in [1.54, 1.807) is 0 Å². The number of benzene rings is 3. The number of aliphatic carboxylic acids is 3. The topological polar surface area (TPSA) is 424 Å². The number of carboxylic acids is 4. The molecule has 3 aromatic rings. The molecule has 0 spiro atoms. The first-order valence-electron chi connectivity index (χ1n) is 18.1. The molecule has 2 aliphatic heterocycles. The first kappa shape index (κ1) is 51.5. The minimum absolute atomic E-state index is 0. The Morgan fingerprint density at radius 1 is 0.571 bits per heavy atom. The van der Waals surface area contributed by atoms with Crippen LogP contribution in [0.2, 0.25) is 0 Å². The van der Waals surface area contributed by atoms with Gasteiger partial charge in [0, 0.05) is 38.1 Å². The van der Waals surface area contributed by atoms with Crippen LogP contribution in [0.15, 0.2) is 54.6 Å². The lowest BCUT2D eigenvalue weighted by Gasteiger charge is -2.21. The Bertz CT molecular complexity index is 2190. The molecule has 2 amide bonds. The second kappa shape index (κ2) is 22.3. The summed E-state index contributed by atoms with van der Waals surface area (Å²) in [6.45, 7) is -0.290. The van der Waals surface area contributed by atoms with Gasteiger partial charge in [-0.15, -0.1) is 0 Å². The number of likely N-dealkylation sites (tertiary alicyclic amines) is 2. The Morgan fingerprint density at radius 2 is 0.968 bits per heavy atom. The molecule has 6 atom stereocenters. The second-order valence-corrected chi connectivity index (χ2v) is 13.8. The van der Waals surface area contributed by atoms with Crippen LogP contribution in [0, 0.1) is 26.1 Å². The number of para-hydroxylation sites is 3. The molecule has 3 aliphatic rings. The van der Waals surface area contributed by atoms with Crippen molar-refractivity contribution in [2.75, 3.05) is 18.8 Å². The summed E-state index contributed by atoms with van der Waals surface area (Å²) in [6.07, 6.45) is -0.667. The summed E-state index contributed by atoms with van der Waals surface area (Å²) in [6, 6.07) is 8.67. The maximum Gasteiger partial charge on any atom is 0.339 e. The molecule has 12 N–H and O–H groups in total. The smallest absolute Gasteiger partial charge is 0.339 e. The summed E-state index contributed by atoms with van der Waals surface area (Å²) < 4.78 is 0. The Hall–Kier alpha value is -7.64.